The zero-order chi connectivity index (χ0) is 27.0. The van der Waals surface area contributed by atoms with E-state index in [-0.39, 0.29) is 12.3 Å². The molecule has 0 aliphatic heterocycles. The predicted octanol–water partition coefficient (Wildman–Crippen LogP) is 3.81. The number of hydrogen-bond acceptors (Lipinski definition) is 6. The van der Waals surface area contributed by atoms with E-state index in [9.17, 15) is 24.6 Å². The number of amides is 3. The van der Waals surface area contributed by atoms with Crippen molar-refractivity contribution in [1.29, 1.82) is 0 Å². The standard InChI is InChI=1S/C27H37N3O6/c1-7-15-30(25(34)21(16-31)28-26(35)36-27(4,5)6)23(19-11-13-20(32)14-12-19)24(33)29-22-17(2)9-8-10-18(22)3/h8-14,21,23,31-32H,7,15-16H2,1-6H3,(H,28,35)(H,29,33). The fourth-order valence-corrected chi connectivity index (χ4v) is 3.78. The first kappa shape index (κ1) is 28.6. The number of aliphatic hydroxyl groups is 1. The maximum Gasteiger partial charge on any atom is 0.408 e. The first-order valence-electron chi connectivity index (χ1n) is 11.9. The van der Waals surface area contributed by atoms with Crippen LogP contribution in [-0.4, -0.2) is 57.8 Å². The lowest BCUT2D eigenvalue weighted by Gasteiger charge is -2.34. The number of benzene rings is 2. The van der Waals surface area contributed by atoms with Crippen molar-refractivity contribution in [1.82, 2.24) is 10.2 Å². The van der Waals surface area contributed by atoms with E-state index < -0.39 is 42.2 Å². The average molecular weight is 500 g/mol. The van der Waals surface area contributed by atoms with Gasteiger partial charge in [0.25, 0.3) is 5.91 Å². The van der Waals surface area contributed by atoms with Gasteiger partial charge in [0.15, 0.2) is 0 Å². The van der Waals surface area contributed by atoms with E-state index >= 15 is 0 Å². The number of carbonyl (C=O) groups excluding carboxylic acids is 3. The van der Waals surface area contributed by atoms with Crippen molar-refractivity contribution in [2.24, 2.45) is 0 Å². The minimum absolute atomic E-state index is 0.0147. The van der Waals surface area contributed by atoms with Crippen LogP contribution in [0, 0.1) is 13.8 Å². The summed E-state index contributed by atoms with van der Waals surface area (Å²) in [6, 6.07) is 9.23. The van der Waals surface area contributed by atoms with Gasteiger partial charge in [0.05, 0.1) is 6.61 Å². The van der Waals surface area contributed by atoms with Crippen LogP contribution in [0.1, 0.15) is 56.8 Å². The third-order valence-electron chi connectivity index (χ3n) is 5.42. The quantitative estimate of drug-likeness (QED) is 0.415. The van der Waals surface area contributed by atoms with E-state index in [0.29, 0.717) is 17.7 Å². The molecule has 0 aliphatic carbocycles. The molecule has 9 nitrogen and oxygen atoms in total. The Morgan fingerprint density at radius 2 is 1.61 bits per heavy atom. The Balaban J connectivity index is 2.47. The number of nitrogens with zero attached hydrogens (tertiary/aromatic N) is 1. The van der Waals surface area contributed by atoms with Crippen LogP contribution in [0.4, 0.5) is 10.5 Å². The topological polar surface area (TPSA) is 128 Å². The van der Waals surface area contributed by atoms with Gasteiger partial charge in [-0.15, -0.1) is 0 Å². The smallest absolute Gasteiger partial charge is 0.408 e. The Hall–Kier alpha value is -3.59. The first-order valence-corrected chi connectivity index (χ1v) is 11.9. The van der Waals surface area contributed by atoms with Crippen LogP contribution in [0.3, 0.4) is 0 Å². The summed E-state index contributed by atoms with van der Waals surface area (Å²) >= 11 is 0. The van der Waals surface area contributed by atoms with Crippen LogP contribution < -0.4 is 10.6 Å². The molecule has 0 saturated carbocycles. The van der Waals surface area contributed by atoms with Crippen molar-refractivity contribution in [2.75, 3.05) is 18.5 Å². The van der Waals surface area contributed by atoms with Crippen LogP contribution >= 0.6 is 0 Å². The molecule has 2 aromatic rings. The van der Waals surface area contributed by atoms with Crippen LogP contribution in [0.5, 0.6) is 5.75 Å². The number of alkyl carbamates (subject to hydrolysis) is 1. The zero-order valence-electron chi connectivity index (χ0n) is 21.8. The maximum absolute atomic E-state index is 13.7. The SMILES string of the molecule is CCCN(C(=O)C(CO)NC(=O)OC(C)(C)C)C(C(=O)Nc1c(C)cccc1C)c1ccc(O)cc1. The molecule has 196 valence electrons. The van der Waals surface area contributed by atoms with Gasteiger partial charge in [0.1, 0.15) is 23.4 Å². The third-order valence-corrected chi connectivity index (χ3v) is 5.42. The lowest BCUT2D eigenvalue weighted by atomic mass is 10.0. The molecule has 0 bridgehead atoms. The van der Waals surface area contributed by atoms with Gasteiger partial charge in [0.2, 0.25) is 5.91 Å². The Labute approximate surface area is 212 Å². The normalized spacial score (nSPS) is 12.9. The molecule has 0 aliphatic rings. The summed E-state index contributed by atoms with van der Waals surface area (Å²) in [6.45, 7) is 10.2. The Kier molecular flexibility index (Phi) is 9.86. The monoisotopic (exact) mass is 499 g/mol. The lowest BCUT2D eigenvalue weighted by Crippen LogP contribution is -2.54. The molecule has 0 radical (unpaired) electrons. The van der Waals surface area contributed by atoms with Gasteiger partial charge in [-0.05, 0) is 69.9 Å². The van der Waals surface area contributed by atoms with Gasteiger partial charge in [-0.2, -0.15) is 0 Å². The number of aliphatic hydroxyl groups excluding tert-OH is 1. The second-order valence-electron chi connectivity index (χ2n) is 9.66. The van der Waals surface area contributed by atoms with Gasteiger partial charge in [-0.25, -0.2) is 4.79 Å². The predicted molar refractivity (Wildman–Crippen MR) is 138 cm³/mol. The maximum atomic E-state index is 13.7. The number of anilines is 1. The number of para-hydroxylation sites is 1. The average Bonchev–Trinajstić information content (AvgIpc) is 2.79. The van der Waals surface area contributed by atoms with Crippen LogP contribution in [0.25, 0.3) is 0 Å². The number of rotatable bonds is 9. The second kappa shape index (κ2) is 12.4. The Bertz CT molecular complexity index is 1040. The second-order valence-corrected chi connectivity index (χ2v) is 9.66. The van der Waals surface area contributed by atoms with Crippen molar-refractivity contribution in [3.8, 4) is 5.75 Å². The minimum atomic E-state index is -1.32. The number of phenolic OH excluding ortho intramolecular Hbond substituents is 1. The summed E-state index contributed by atoms with van der Waals surface area (Å²) < 4.78 is 5.23. The summed E-state index contributed by atoms with van der Waals surface area (Å²) in [5, 5.41) is 25.1. The van der Waals surface area contributed by atoms with Gasteiger partial charge < -0.3 is 30.5 Å². The summed E-state index contributed by atoms with van der Waals surface area (Å²) in [5.41, 5.74) is 2.03. The Morgan fingerprint density at radius 1 is 1.03 bits per heavy atom. The van der Waals surface area contributed by atoms with Gasteiger partial charge in [-0.3, -0.25) is 9.59 Å². The van der Waals surface area contributed by atoms with Crippen LogP contribution in [-0.2, 0) is 14.3 Å². The molecule has 2 aromatic carbocycles. The van der Waals surface area contributed by atoms with Crippen LogP contribution in [0.15, 0.2) is 42.5 Å². The van der Waals surface area contributed by atoms with E-state index in [2.05, 4.69) is 10.6 Å². The number of aryl methyl sites for hydroxylation is 2. The van der Waals surface area contributed by atoms with E-state index in [1.807, 2.05) is 39.0 Å². The van der Waals surface area contributed by atoms with E-state index in [1.54, 1.807) is 32.9 Å². The largest absolute Gasteiger partial charge is 0.508 e. The highest BCUT2D eigenvalue weighted by molar-refractivity contribution is 6.00. The molecule has 0 saturated heterocycles. The molecular formula is C27H37N3O6. The molecule has 36 heavy (non-hydrogen) atoms. The van der Waals surface area contributed by atoms with Crippen LogP contribution in [0.2, 0.25) is 0 Å². The third kappa shape index (κ3) is 7.71. The summed E-state index contributed by atoms with van der Waals surface area (Å²) in [6.07, 6.45) is -0.339. The van der Waals surface area contributed by atoms with Crippen molar-refractivity contribution < 1.29 is 29.3 Å². The van der Waals surface area contributed by atoms with Gasteiger partial charge in [0, 0.05) is 12.2 Å². The summed E-state index contributed by atoms with van der Waals surface area (Å²) in [7, 11) is 0. The van der Waals surface area contributed by atoms with E-state index in [1.165, 1.54) is 17.0 Å². The lowest BCUT2D eigenvalue weighted by molar-refractivity contribution is -0.141. The summed E-state index contributed by atoms with van der Waals surface area (Å²) in [4.78, 5) is 41.0. The van der Waals surface area contributed by atoms with E-state index in [0.717, 1.165) is 11.1 Å². The molecule has 2 rings (SSSR count). The molecule has 0 fully saturated rings. The zero-order valence-corrected chi connectivity index (χ0v) is 21.8. The molecule has 4 N–H and O–H groups in total. The number of phenols is 1. The highest BCUT2D eigenvalue weighted by atomic mass is 16.6. The molecule has 3 amide bonds. The molecule has 2 atom stereocenters. The number of carbonyl (C=O) groups is 3. The molecule has 9 heteroatoms. The number of nitrogens with one attached hydrogen (secondary N) is 2. The van der Waals surface area contributed by atoms with Crippen molar-refractivity contribution in [3.63, 3.8) is 0 Å². The fraction of sp³-hybridized carbons (Fsp3) is 0.444. The Morgan fingerprint density at radius 3 is 2.11 bits per heavy atom. The van der Waals surface area contributed by atoms with Gasteiger partial charge in [-0.1, -0.05) is 37.3 Å². The number of aromatic hydroxyl groups is 1. The summed E-state index contributed by atoms with van der Waals surface area (Å²) in [5.74, 6) is -1.09. The highest BCUT2D eigenvalue weighted by Gasteiger charge is 2.36. The molecule has 0 spiro atoms. The van der Waals surface area contributed by atoms with Gasteiger partial charge >= 0.3 is 6.09 Å². The minimum Gasteiger partial charge on any atom is -0.508 e. The number of hydrogen-bond donors (Lipinski definition) is 4. The number of ether oxygens (including phenoxy) is 1. The fourth-order valence-electron chi connectivity index (χ4n) is 3.78. The molecular weight excluding hydrogens is 462 g/mol. The molecule has 2 unspecified atom stereocenters. The molecule has 0 aromatic heterocycles. The van der Waals surface area contributed by atoms with Crippen molar-refractivity contribution >= 4 is 23.6 Å². The van der Waals surface area contributed by atoms with Crippen molar-refractivity contribution in [2.45, 2.75) is 65.6 Å². The molecule has 0 heterocycles. The van der Waals surface area contributed by atoms with E-state index in [4.69, 9.17) is 4.74 Å². The first-order chi connectivity index (χ1) is 16.9. The highest BCUT2D eigenvalue weighted by Crippen LogP contribution is 2.28. The van der Waals surface area contributed by atoms with Crippen molar-refractivity contribution in [3.05, 3.63) is 59.2 Å².